The van der Waals surface area contributed by atoms with Crippen LogP contribution in [-0.4, -0.2) is 41.5 Å². The normalized spacial score (nSPS) is 13.1. The van der Waals surface area contributed by atoms with E-state index in [4.69, 9.17) is 9.47 Å². The van der Waals surface area contributed by atoms with Crippen LogP contribution in [0.15, 0.2) is 72.8 Å². The molecule has 3 N–H and O–H groups in total. The highest BCUT2D eigenvalue weighted by Gasteiger charge is 2.29. The lowest BCUT2D eigenvalue weighted by atomic mass is 9.98. The third-order valence-corrected chi connectivity index (χ3v) is 6.30. The van der Waals surface area contributed by atoms with Crippen molar-refractivity contribution >= 4 is 18.2 Å². The van der Waals surface area contributed by atoms with Crippen molar-refractivity contribution in [1.82, 2.24) is 10.6 Å². The first-order chi connectivity index (χ1) is 18.1. The molecule has 4 rings (SSSR count). The fourth-order valence-electron chi connectivity index (χ4n) is 4.62. The molecule has 0 radical (unpaired) electrons. The third kappa shape index (κ3) is 6.51. The summed E-state index contributed by atoms with van der Waals surface area (Å²) in [6.07, 6.45) is -1.35. The number of hydrogen-bond acceptors (Lipinski definition) is 5. The molecule has 3 aromatic carbocycles. The summed E-state index contributed by atoms with van der Waals surface area (Å²) in [6.45, 7) is 5.44. The van der Waals surface area contributed by atoms with Crippen molar-refractivity contribution in [1.29, 1.82) is 0 Å². The molecule has 198 valence electrons. The van der Waals surface area contributed by atoms with Crippen molar-refractivity contribution < 1.29 is 29.0 Å². The smallest absolute Gasteiger partial charge is 0.408 e. The van der Waals surface area contributed by atoms with Crippen LogP contribution in [0.2, 0.25) is 0 Å². The highest BCUT2D eigenvalue weighted by atomic mass is 16.6. The number of carboxylic acids is 1. The molecule has 0 unspecified atom stereocenters. The van der Waals surface area contributed by atoms with Gasteiger partial charge in [0.15, 0.2) is 0 Å². The number of rotatable bonds is 8. The predicted molar refractivity (Wildman–Crippen MR) is 143 cm³/mol. The minimum atomic E-state index is -1.19. The van der Waals surface area contributed by atoms with Gasteiger partial charge in [0.25, 0.3) is 0 Å². The Morgan fingerprint density at radius 1 is 0.842 bits per heavy atom. The van der Waals surface area contributed by atoms with Crippen LogP contribution in [0.4, 0.5) is 9.59 Å². The fraction of sp³-hybridized carbons (Fsp3) is 0.300. The molecular weight excluding hydrogens is 484 g/mol. The zero-order valence-electron chi connectivity index (χ0n) is 21.7. The maximum absolute atomic E-state index is 12.6. The molecule has 0 aliphatic heterocycles. The molecule has 8 heteroatoms. The molecule has 1 aliphatic rings. The summed E-state index contributed by atoms with van der Waals surface area (Å²) in [4.78, 5) is 36.6. The first-order valence-electron chi connectivity index (χ1n) is 12.5. The first kappa shape index (κ1) is 26.7. The summed E-state index contributed by atoms with van der Waals surface area (Å²) in [5.41, 5.74) is 5.21. The standard InChI is InChI=1S/C30H32N2O6/c1-30(2,3)38-29(36)32-26(27(33)34)16-19-10-4-5-11-20(19)17-31-28(35)37-18-25-23-14-8-6-12-21(23)22-13-7-9-15-24(22)25/h4-15,25-26H,16-18H2,1-3H3,(H,31,35)(H,32,36)(H,33,34)/t26-/m0/s1. The Kier molecular flexibility index (Phi) is 8.00. The Labute approximate surface area is 222 Å². The van der Waals surface area contributed by atoms with Crippen LogP contribution < -0.4 is 10.6 Å². The van der Waals surface area contributed by atoms with Gasteiger partial charge in [-0.15, -0.1) is 0 Å². The van der Waals surface area contributed by atoms with Crippen molar-refractivity contribution in [2.75, 3.05) is 6.61 Å². The lowest BCUT2D eigenvalue weighted by Crippen LogP contribution is -2.44. The molecule has 0 aromatic heterocycles. The zero-order valence-corrected chi connectivity index (χ0v) is 21.7. The predicted octanol–water partition coefficient (Wildman–Crippen LogP) is 5.25. The van der Waals surface area contributed by atoms with Crippen LogP contribution in [0.25, 0.3) is 11.1 Å². The molecule has 1 aliphatic carbocycles. The second-order valence-corrected chi connectivity index (χ2v) is 10.2. The number of carboxylic acid groups (broad SMARTS) is 1. The molecule has 0 heterocycles. The lowest BCUT2D eigenvalue weighted by Gasteiger charge is -2.22. The van der Waals surface area contributed by atoms with E-state index in [9.17, 15) is 19.5 Å². The van der Waals surface area contributed by atoms with Crippen molar-refractivity contribution in [3.63, 3.8) is 0 Å². The number of ether oxygens (including phenoxy) is 2. The zero-order chi connectivity index (χ0) is 27.3. The minimum absolute atomic E-state index is 0.0249. The number of aliphatic carboxylic acids is 1. The molecule has 0 saturated heterocycles. The van der Waals surface area contributed by atoms with E-state index in [-0.39, 0.29) is 25.5 Å². The molecule has 1 atom stereocenters. The second kappa shape index (κ2) is 11.4. The average Bonchev–Trinajstić information content (AvgIpc) is 3.19. The number of benzene rings is 3. The van der Waals surface area contributed by atoms with Gasteiger partial charge in [-0.2, -0.15) is 0 Å². The van der Waals surface area contributed by atoms with Gasteiger partial charge in [0.1, 0.15) is 18.2 Å². The van der Waals surface area contributed by atoms with E-state index in [2.05, 4.69) is 34.9 Å². The average molecular weight is 517 g/mol. The number of alkyl carbamates (subject to hydrolysis) is 2. The molecule has 3 aromatic rings. The van der Waals surface area contributed by atoms with Crippen molar-refractivity contribution in [3.8, 4) is 11.1 Å². The van der Waals surface area contributed by atoms with Gasteiger partial charge in [0.05, 0.1) is 0 Å². The molecule has 0 fully saturated rings. The molecular formula is C30H32N2O6. The summed E-state index contributed by atoms with van der Waals surface area (Å²) >= 11 is 0. The molecule has 8 nitrogen and oxygen atoms in total. The number of carbonyl (C=O) groups is 3. The summed E-state index contributed by atoms with van der Waals surface area (Å²) in [5.74, 6) is -1.23. The molecule has 2 amide bonds. The van der Waals surface area contributed by atoms with Crippen LogP contribution in [-0.2, 0) is 27.2 Å². The number of hydrogen-bond donors (Lipinski definition) is 3. The Balaban J connectivity index is 1.36. The monoisotopic (exact) mass is 516 g/mol. The summed E-state index contributed by atoms with van der Waals surface area (Å²) in [7, 11) is 0. The van der Waals surface area contributed by atoms with E-state index in [1.54, 1.807) is 45.0 Å². The van der Waals surface area contributed by atoms with Crippen LogP contribution in [0.5, 0.6) is 0 Å². The second-order valence-electron chi connectivity index (χ2n) is 10.2. The topological polar surface area (TPSA) is 114 Å². The Bertz CT molecular complexity index is 1280. The van der Waals surface area contributed by atoms with Gasteiger partial charge in [-0.3, -0.25) is 0 Å². The Hall–Kier alpha value is -4.33. The van der Waals surface area contributed by atoms with Crippen molar-refractivity contribution in [2.45, 2.75) is 51.3 Å². The largest absolute Gasteiger partial charge is 0.480 e. The van der Waals surface area contributed by atoms with Gasteiger partial charge in [0, 0.05) is 18.9 Å². The highest BCUT2D eigenvalue weighted by molar-refractivity contribution is 5.81. The maximum atomic E-state index is 12.6. The number of nitrogens with one attached hydrogen (secondary N) is 2. The number of carbonyl (C=O) groups excluding carboxylic acids is 2. The van der Waals surface area contributed by atoms with Crippen molar-refractivity contribution in [2.24, 2.45) is 0 Å². The Morgan fingerprint density at radius 3 is 1.97 bits per heavy atom. The van der Waals surface area contributed by atoms with E-state index in [1.165, 1.54) is 0 Å². The van der Waals surface area contributed by atoms with E-state index in [0.717, 1.165) is 27.8 Å². The van der Waals surface area contributed by atoms with Gasteiger partial charge in [-0.05, 0) is 54.2 Å². The molecule has 0 spiro atoms. The quantitative estimate of drug-likeness (QED) is 0.377. The first-order valence-corrected chi connectivity index (χ1v) is 12.5. The van der Waals surface area contributed by atoms with E-state index >= 15 is 0 Å². The number of amides is 2. The number of fused-ring (bicyclic) bond motifs is 3. The molecule has 38 heavy (non-hydrogen) atoms. The maximum Gasteiger partial charge on any atom is 0.408 e. The van der Waals surface area contributed by atoms with Gasteiger partial charge < -0.3 is 25.2 Å². The molecule has 0 bridgehead atoms. The van der Waals surface area contributed by atoms with Crippen molar-refractivity contribution in [3.05, 3.63) is 95.1 Å². The summed E-state index contributed by atoms with van der Waals surface area (Å²) in [5, 5.41) is 14.8. The van der Waals surface area contributed by atoms with Gasteiger partial charge in [0.2, 0.25) is 0 Å². The third-order valence-electron chi connectivity index (χ3n) is 6.30. The van der Waals surface area contributed by atoms with Crippen LogP contribution >= 0.6 is 0 Å². The minimum Gasteiger partial charge on any atom is -0.480 e. The van der Waals surface area contributed by atoms with Gasteiger partial charge in [-0.1, -0.05) is 72.8 Å². The Morgan fingerprint density at radius 2 is 1.39 bits per heavy atom. The molecule has 0 saturated carbocycles. The summed E-state index contributed by atoms with van der Waals surface area (Å²) < 4.78 is 10.8. The van der Waals surface area contributed by atoms with Gasteiger partial charge in [-0.25, -0.2) is 14.4 Å². The van der Waals surface area contributed by atoms with Crippen LogP contribution in [0, 0.1) is 0 Å². The van der Waals surface area contributed by atoms with E-state index in [1.807, 2.05) is 24.3 Å². The van der Waals surface area contributed by atoms with E-state index in [0.29, 0.717) is 5.56 Å². The highest BCUT2D eigenvalue weighted by Crippen LogP contribution is 2.44. The van der Waals surface area contributed by atoms with Crippen LogP contribution in [0.3, 0.4) is 0 Å². The fourth-order valence-corrected chi connectivity index (χ4v) is 4.62. The van der Waals surface area contributed by atoms with Crippen LogP contribution in [0.1, 0.15) is 48.9 Å². The SMILES string of the molecule is CC(C)(C)OC(=O)N[C@@H](Cc1ccccc1CNC(=O)OCC1c2ccccc2-c2ccccc21)C(=O)O. The van der Waals surface area contributed by atoms with E-state index < -0.39 is 29.8 Å². The lowest BCUT2D eigenvalue weighted by molar-refractivity contribution is -0.139. The van der Waals surface area contributed by atoms with Gasteiger partial charge >= 0.3 is 18.2 Å². The summed E-state index contributed by atoms with van der Waals surface area (Å²) in [6, 6.07) is 22.2.